The summed E-state index contributed by atoms with van der Waals surface area (Å²) in [6.07, 6.45) is 4.87. The van der Waals surface area contributed by atoms with Gasteiger partial charge in [0.2, 0.25) is 0 Å². The molecule has 0 aliphatic heterocycles. The van der Waals surface area contributed by atoms with Crippen LogP contribution in [0, 0.1) is 5.92 Å². The van der Waals surface area contributed by atoms with Crippen LogP contribution in [0.5, 0.6) is 5.75 Å². The number of hydrogen-bond acceptors (Lipinski definition) is 2. The van der Waals surface area contributed by atoms with E-state index in [1.807, 2.05) is 12.1 Å². The summed E-state index contributed by atoms with van der Waals surface area (Å²) < 4.78 is 5.72. The van der Waals surface area contributed by atoms with Crippen molar-refractivity contribution in [1.82, 2.24) is 0 Å². The number of Topliss-reactive ketones (excluding diaryl/α,β-unsaturated/α-hetero) is 1. The van der Waals surface area contributed by atoms with Crippen molar-refractivity contribution in [3.63, 3.8) is 0 Å². The Kier molecular flexibility index (Phi) is 7.68. The van der Waals surface area contributed by atoms with Gasteiger partial charge in [-0.05, 0) is 49.8 Å². The molecule has 0 atom stereocenters. The summed E-state index contributed by atoms with van der Waals surface area (Å²) >= 11 is 6.14. The van der Waals surface area contributed by atoms with Gasteiger partial charge < -0.3 is 9.53 Å². The highest BCUT2D eigenvalue weighted by Gasteiger charge is 2.05. The van der Waals surface area contributed by atoms with Crippen LogP contribution in [-0.2, 0) is 11.2 Å². The van der Waals surface area contributed by atoms with Gasteiger partial charge in [-0.3, -0.25) is 0 Å². The lowest BCUT2D eigenvalue weighted by molar-refractivity contribution is -0.117. The summed E-state index contributed by atoms with van der Waals surface area (Å²) in [7, 11) is 0. The van der Waals surface area contributed by atoms with Crippen LogP contribution in [-0.4, -0.2) is 12.4 Å². The first-order valence-corrected chi connectivity index (χ1v) is 7.77. The Bertz CT molecular complexity index is 427. The highest BCUT2D eigenvalue weighted by Crippen LogP contribution is 2.26. The Labute approximate surface area is 127 Å². The molecule has 0 aliphatic rings. The second-order valence-electron chi connectivity index (χ2n) is 5.73. The molecule has 0 unspecified atom stereocenters. The molecular weight excluding hydrogens is 272 g/mol. The van der Waals surface area contributed by atoms with Gasteiger partial charge in [-0.15, -0.1) is 0 Å². The lowest BCUT2D eigenvalue weighted by Gasteiger charge is -2.11. The number of ether oxygens (including phenoxy) is 1. The van der Waals surface area contributed by atoms with Gasteiger partial charge >= 0.3 is 0 Å². The van der Waals surface area contributed by atoms with Crippen LogP contribution in [0.15, 0.2) is 18.2 Å². The maximum absolute atomic E-state index is 10.9. The van der Waals surface area contributed by atoms with Crippen molar-refractivity contribution in [3.05, 3.63) is 28.8 Å². The van der Waals surface area contributed by atoms with Crippen molar-refractivity contribution in [2.24, 2.45) is 5.92 Å². The summed E-state index contributed by atoms with van der Waals surface area (Å²) in [4.78, 5) is 10.9. The third-order valence-corrected chi connectivity index (χ3v) is 3.37. The van der Waals surface area contributed by atoms with E-state index in [1.54, 1.807) is 6.92 Å². The molecule has 0 bridgehead atoms. The van der Waals surface area contributed by atoms with Crippen molar-refractivity contribution in [1.29, 1.82) is 0 Å². The molecule has 1 aromatic carbocycles. The number of carbonyl (C=O) groups excluding carboxylic acids is 1. The summed E-state index contributed by atoms with van der Waals surface area (Å²) in [5.41, 5.74) is 1.25. The van der Waals surface area contributed by atoms with Gasteiger partial charge in [0.25, 0.3) is 0 Å². The Hall–Kier alpha value is -1.02. The Morgan fingerprint density at radius 1 is 1.25 bits per heavy atom. The van der Waals surface area contributed by atoms with Crippen LogP contribution >= 0.6 is 11.6 Å². The molecule has 2 nitrogen and oxygen atoms in total. The first-order valence-electron chi connectivity index (χ1n) is 7.39. The van der Waals surface area contributed by atoms with E-state index in [9.17, 15) is 4.79 Å². The first-order chi connectivity index (χ1) is 9.49. The molecule has 1 rings (SSSR count). The zero-order valence-corrected chi connectivity index (χ0v) is 13.5. The lowest BCUT2D eigenvalue weighted by atomic mass is 10.1. The average Bonchev–Trinajstić information content (AvgIpc) is 2.38. The predicted molar refractivity (Wildman–Crippen MR) is 84.6 cm³/mol. The van der Waals surface area contributed by atoms with Crippen LogP contribution in [0.1, 0.15) is 52.0 Å². The van der Waals surface area contributed by atoms with Gasteiger partial charge in [0, 0.05) is 6.42 Å². The van der Waals surface area contributed by atoms with E-state index in [1.165, 1.54) is 5.56 Å². The van der Waals surface area contributed by atoms with E-state index in [0.29, 0.717) is 24.0 Å². The monoisotopic (exact) mass is 296 g/mol. The fraction of sp³-hybridized carbons (Fsp3) is 0.588. The average molecular weight is 297 g/mol. The van der Waals surface area contributed by atoms with Gasteiger partial charge in [0.15, 0.2) is 0 Å². The molecule has 3 heteroatoms. The van der Waals surface area contributed by atoms with Crippen LogP contribution < -0.4 is 4.74 Å². The lowest BCUT2D eigenvalue weighted by Crippen LogP contribution is -2.05. The van der Waals surface area contributed by atoms with Crippen LogP contribution in [0.3, 0.4) is 0 Å². The van der Waals surface area contributed by atoms with E-state index in [0.717, 1.165) is 31.4 Å². The smallest absolute Gasteiger partial charge is 0.138 e. The Balaban J connectivity index is 2.42. The molecule has 0 amide bonds. The van der Waals surface area contributed by atoms with Crippen molar-refractivity contribution < 1.29 is 9.53 Å². The standard InChI is InChI=1S/C17H25ClO2/c1-13(2)12-20-17-11-15(9-10-16(17)18)8-6-4-5-7-14(3)19/h9-11,13H,4-8,12H2,1-3H3. The molecule has 0 saturated carbocycles. The summed E-state index contributed by atoms with van der Waals surface area (Å²) in [5.74, 6) is 1.55. The van der Waals surface area contributed by atoms with Gasteiger partial charge in [0.05, 0.1) is 11.6 Å². The van der Waals surface area contributed by atoms with E-state index >= 15 is 0 Å². The molecule has 0 heterocycles. The van der Waals surface area contributed by atoms with Crippen molar-refractivity contribution >= 4 is 17.4 Å². The molecule has 0 saturated heterocycles. The van der Waals surface area contributed by atoms with E-state index in [-0.39, 0.29) is 5.78 Å². The maximum Gasteiger partial charge on any atom is 0.138 e. The molecule has 0 fully saturated rings. The molecular formula is C17H25ClO2. The third kappa shape index (κ3) is 6.95. The maximum atomic E-state index is 10.9. The minimum atomic E-state index is 0.279. The fourth-order valence-electron chi connectivity index (χ4n) is 1.95. The summed E-state index contributed by atoms with van der Waals surface area (Å²) in [5, 5.41) is 0.672. The molecule has 0 aromatic heterocycles. The number of unbranched alkanes of at least 4 members (excludes halogenated alkanes) is 2. The van der Waals surface area contributed by atoms with Gasteiger partial charge in [-0.25, -0.2) is 0 Å². The van der Waals surface area contributed by atoms with Crippen molar-refractivity contribution in [3.8, 4) is 5.75 Å². The van der Waals surface area contributed by atoms with Crippen LogP contribution in [0.2, 0.25) is 5.02 Å². The van der Waals surface area contributed by atoms with Crippen LogP contribution in [0.25, 0.3) is 0 Å². The fourth-order valence-corrected chi connectivity index (χ4v) is 2.12. The largest absolute Gasteiger partial charge is 0.492 e. The van der Waals surface area contributed by atoms with Gasteiger partial charge in [-0.2, -0.15) is 0 Å². The molecule has 20 heavy (non-hydrogen) atoms. The molecule has 0 radical (unpaired) electrons. The van der Waals surface area contributed by atoms with Crippen molar-refractivity contribution in [2.45, 2.75) is 52.9 Å². The second-order valence-corrected chi connectivity index (χ2v) is 6.14. The normalized spacial score (nSPS) is 10.8. The van der Waals surface area contributed by atoms with Crippen molar-refractivity contribution in [2.75, 3.05) is 6.61 Å². The van der Waals surface area contributed by atoms with E-state index in [4.69, 9.17) is 16.3 Å². The second kappa shape index (κ2) is 9.02. The number of ketones is 1. The number of aryl methyl sites for hydroxylation is 1. The zero-order valence-electron chi connectivity index (χ0n) is 12.7. The number of carbonyl (C=O) groups is 1. The summed E-state index contributed by atoms with van der Waals surface area (Å²) in [6, 6.07) is 5.99. The molecule has 1 aromatic rings. The van der Waals surface area contributed by atoms with Crippen LogP contribution in [0.4, 0.5) is 0 Å². The highest BCUT2D eigenvalue weighted by atomic mass is 35.5. The minimum Gasteiger partial charge on any atom is -0.492 e. The van der Waals surface area contributed by atoms with E-state index in [2.05, 4.69) is 19.9 Å². The number of rotatable bonds is 9. The first kappa shape index (κ1) is 17.0. The zero-order chi connectivity index (χ0) is 15.0. The number of hydrogen-bond donors (Lipinski definition) is 0. The highest BCUT2D eigenvalue weighted by molar-refractivity contribution is 6.32. The predicted octanol–water partition coefficient (Wildman–Crippen LogP) is 5.07. The summed E-state index contributed by atoms with van der Waals surface area (Å²) in [6.45, 7) is 6.57. The van der Waals surface area contributed by atoms with Gasteiger partial charge in [0.1, 0.15) is 11.5 Å². The Morgan fingerprint density at radius 3 is 2.65 bits per heavy atom. The quantitative estimate of drug-likeness (QED) is 0.595. The minimum absolute atomic E-state index is 0.279. The third-order valence-electron chi connectivity index (χ3n) is 3.06. The molecule has 0 N–H and O–H groups in total. The molecule has 112 valence electrons. The van der Waals surface area contributed by atoms with Gasteiger partial charge in [-0.1, -0.05) is 37.9 Å². The molecule has 0 spiro atoms. The number of benzene rings is 1. The number of halogens is 1. The van der Waals surface area contributed by atoms with E-state index < -0.39 is 0 Å². The topological polar surface area (TPSA) is 26.3 Å². The SMILES string of the molecule is CC(=O)CCCCCc1ccc(Cl)c(OCC(C)C)c1. The molecule has 0 aliphatic carbocycles. The Morgan fingerprint density at radius 2 is 2.00 bits per heavy atom.